The molecule has 3 N–H and O–H groups in total. The molecule has 0 heterocycles. The number of quaternary nitrogens is 1. The van der Waals surface area contributed by atoms with Crippen LogP contribution in [-0.4, -0.2) is 71.4 Å². The van der Waals surface area contributed by atoms with Gasteiger partial charge in [0.05, 0.1) is 33.4 Å². The molecule has 0 aromatic rings. The molecule has 0 saturated carbocycles. The molecule has 0 aromatic heterocycles. The lowest BCUT2D eigenvalue weighted by atomic mass is 10.0. The van der Waals surface area contributed by atoms with Crippen molar-refractivity contribution in [2.45, 2.75) is 117 Å². The van der Waals surface area contributed by atoms with Crippen LogP contribution in [0.15, 0.2) is 0 Å². The highest BCUT2D eigenvalue weighted by atomic mass is 32.2. The Balaban J connectivity index is -0.000000812. The maximum absolute atomic E-state index is 10.3. The lowest BCUT2D eigenvalue weighted by Gasteiger charge is -2.31. The van der Waals surface area contributed by atoms with Crippen molar-refractivity contribution in [1.29, 1.82) is 0 Å². The second-order valence-corrected chi connectivity index (χ2v) is 11.4. The van der Waals surface area contributed by atoms with E-state index in [1.807, 2.05) is 11.8 Å². The normalized spacial score (nSPS) is 12.1. The zero-order valence-electron chi connectivity index (χ0n) is 23.1. The lowest BCUT2D eigenvalue weighted by molar-refractivity contribution is -0.906. The standard InChI is InChI=1S/C19H41O3PS.C7H18NO.H2O/c1-2-3-4-5-6-7-8-9-10-11-12-13-14-15-18-24-19-16-17-22-23(20)21;1-4-8(3,5-2)6-7-9;/h23H,2-19H2,1H3,(H,20,21);9H,4-7H2,1-3H3;1H2/q;+1;/p-1. The molecule has 34 heavy (non-hydrogen) atoms. The van der Waals surface area contributed by atoms with Crippen LogP contribution < -0.4 is 0 Å². The Bertz CT molecular complexity index is 401. The highest BCUT2D eigenvalue weighted by Gasteiger charge is 2.13. The van der Waals surface area contributed by atoms with E-state index in [1.165, 1.54) is 95.6 Å². The van der Waals surface area contributed by atoms with E-state index in [0.717, 1.165) is 36.3 Å². The second kappa shape index (κ2) is 31.4. The zero-order valence-corrected chi connectivity index (χ0v) is 24.9. The molecule has 1 atom stereocenters. The molecule has 8 heteroatoms. The summed E-state index contributed by atoms with van der Waals surface area (Å²) in [6.45, 7) is 10.4. The molecule has 0 aliphatic heterocycles. The van der Waals surface area contributed by atoms with Crippen molar-refractivity contribution >= 4 is 20.0 Å². The molecule has 0 rings (SSSR count). The highest BCUT2D eigenvalue weighted by molar-refractivity contribution is 7.99. The monoisotopic (exact) mass is 529 g/mol. The van der Waals surface area contributed by atoms with Crippen LogP contribution in [0.25, 0.3) is 0 Å². The third-order valence-electron chi connectivity index (χ3n) is 6.47. The molecule has 0 aliphatic rings. The van der Waals surface area contributed by atoms with Gasteiger partial charge in [0, 0.05) is 0 Å². The zero-order chi connectivity index (χ0) is 25.0. The number of aliphatic hydroxyl groups excluding tert-OH is 1. The first-order valence-electron chi connectivity index (χ1n) is 13.8. The quantitative estimate of drug-likeness (QED) is 0.0775. The Labute approximate surface area is 217 Å². The topological polar surface area (TPSA) is 96.8 Å². The molecule has 1 unspecified atom stereocenters. The summed E-state index contributed by atoms with van der Waals surface area (Å²) in [7, 11) is -0.553. The molecule has 210 valence electrons. The Morgan fingerprint density at radius 3 is 1.50 bits per heavy atom. The summed E-state index contributed by atoms with van der Waals surface area (Å²) in [4.78, 5) is 8.51. The van der Waals surface area contributed by atoms with Gasteiger partial charge >= 0.3 is 8.25 Å². The first-order valence-corrected chi connectivity index (χ1v) is 16.2. The van der Waals surface area contributed by atoms with Gasteiger partial charge in [-0.3, -0.25) is 4.57 Å². The fourth-order valence-electron chi connectivity index (χ4n) is 3.60. The molecule has 0 radical (unpaired) electrons. The van der Waals surface area contributed by atoms with Crippen LogP contribution in [0.5, 0.6) is 0 Å². The molecule has 0 aromatic carbocycles. The maximum atomic E-state index is 10.3. The molecule has 0 saturated heterocycles. The molecular formula is C26H60NO5PS. The molecule has 0 amide bonds. The van der Waals surface area contributed by atoms with Crippen molar-refractivity contribution < 1.29 is 29.0 Å². The van der Waals surface area contributed by atoms with E-state index in [0.29, 0.717) is 13.2 Å². The van der Waals surface area contributed by atoms with Crippen LogP contribution in [0.4, 0.5) is 0 Å². The van der Waals surface area contributed by atoms with Crippen molar-refractivity contribution in [3.8, 4) is 0 Å². The van der Waals surface area contributed by atoms with Gasteiger partial charge in [0.2, 0.25) is 0 Å². The fourth-order valence-corrected chi connectivity index (χ4v) is 4.86. The first-order chi connectivity index (χ1) is 16.0. The van der Waals surface area contributed by atoms with Crippen LogP contribution in [0.3, 0.4) is 0 Å². The van der Waals surface area contributed by atoms with E-state index < -0.39 is 8.25 Å². The van der Waals surface area contributed by atoms with E-state index in [1.54, 1.807) is 0 Å². The van der Waals surface area contributed by atoms with Crippen molar-refractivity contribution in [1.82, 2.24) is 0 Å². The SMILES string of the molecule is CCCCCCCCCCCCCCCCSCCCO[PH](=O)O.CC[N+](C)(CC)CCO.[OH-]. The van der Waals surface area contributed by atoms with Crippen molar-refractivity contribution in [3.63, 3.8) is 0 Å². The summed E-state index contributed by atoms with van der Waals surface area (Å²) in [6.07, 6.45) is 20.6. The maximum Gasteiger partial charge on any atom is 0.316 e. The van der Waals surface area contributed by atoms with Gasteiger partial charge in [0.15, 0.2) is 0 Å². The number of nitrogens with zero attached hydrogens (tertiary/aromatic N) is 1. The summed E-state index contributed by atoms with van der Waals surface area (Å²) in [5.74, 6) is 2.25. The largest absolute Gasteiger partial charge is 0.870 e. The van der Waals surface area contributed by atoms with Crippen LogP contribution in [0, 0.1) is 0 Å². The smallest absolute Gasteiger partial charge is 0.316 e. The average molecular weight is 530 g/mol. The number of hydrogen-bond donors (Lipinski definition) is 2. The number of unbranched alkanes of at least 4 members (excludes halogenated alkanes) is 13. The first kappa shape index (κ1) is 38.9. The number of hydrogen-bond acceptors (Lipinski definition) is 5. The van der Waals surface area contributed by atoms with Crippen molar-refractivity contribution in [2.75, 3.05) is 51.4 Å². The minimum absolute atomic E-state index is 0. The van der Waals surface area contributed by atoms with Gasteiger partial charge in [0.1, 0.15) is 6.54 Å². The molecular weight excluding hydrogens is 469 g/mol. The third-order valence-corrected chi connectivity index (χ3v) is 8.07. The van der Waals surface area contributed by atoms with Crippen molar-refractivity contribution in [2.24, 2.45) is 0 Å². The van der Waals surface area contributed by atoms with Gasteiger partial charge in [-0.25, -0.2) is 0 Å². The van der Waals surface area contributed by atoms with Gasteiger partial charge in [-0.1, -0.05) is 90.4 Å². The molecule has 0 bridgehead atoms. The van der Waals surface area contributed by atoms with Crippen LogP contribution >= 0.6 is 20.0 Å². The highest BCUT2D eigenvalue weighted by Crippen LogP contribution is 2.16. The Morgan fingerprint density at radius 1 is 0.735 bits per heavy atom. The molecule has 0 spiro atoms. The van der Waals surface area contributed by atoms with E-state index in [4.69, 9.17) is 10.00 Å². The van der Waals surface area contributed by atoms with E-state index in [2.05, 4.69) is 32.3 Å². The van der Waals surface area contributed by atoms with Gasteiger partial charge in [-0.2, -0.15) is 11.8 Å². The predicted octanol–water partition coefficient (Wildman–Crippen LogP) is 7.28. The van der Waals surface area contributed by atoms with Crippen LogP contribution in [-0.2, 0) is 9.09 Å². The van der Waals surface area contributed by atoms with Crippen LogP contribution in [0.1, 0.15) is 117 Å². The molecule has 0 fully saturated rings. The molecule has 6 nitrogen and oxygen atoms in total. The number of likely N-dealkylation sites (N-methyl/N-ethyl adjacent to an activating group) is 1. The number of thioether (sulfide) groups is 1. The molecule has 0 aliphatic carbocycles. The minimum Gasteiger partial charge on any atom is -0.870 e. The number of rotatable bonds is 24. The van der Waals surface area contributed by atoms with Gasteiger partial charge in [0.25, 0.3) is 0 Å². The van der Waals surface area contributed by atoms with E-state index >= 15 is 0 Å². The Hall–Kier alpha value is 0.380. The van der Waals surface area contributed by atoms with Crippen molar-refractivity contribution in [3.05, 3.63) is 0 Å². The van der Waals surface area contributed by atoms with Crippen LogP contribution in [0.2, 0.25) is 0 Å². The summed E-state index contributed by atoms with van der Waals surface area (Å²) >= 11 is 1.94. The fraction of sp³-hybridized carbons (Fsp3) is 1.00. The summed E-state index contributed by atoms with van der Waals surface area (Å²) in [5, 5.41) is 8.65. The van der Waals surface area contributed by atoms with Gasteiger partial charge in [-0.05, 0) is 38.2 Å². The number of aliphatic hydroxyl groups is 1. The predicted molar refractivity (Wildman–Crippen MR) is 151 cm³/mol. The van der Waals surface area contributed by atoms with E-state index in [-0.39, 0.29) is 5.48 Å². The summed E-state index contributed by atoms with van der Waals surface area (Å²) in [5.41, 5.74) is 0. The summed E-state index contributed by atoms with van der Waals surface area (Å²) in [6, 6.07) is 0. The second-order valence-electron chi connectivity index (χ2n) is 9.38. The lowest BCUT2D eigenvalue weighted by Crippen LogP contribution is -2.45. The van der Waals surface area contributed by atoms with Gasteiger partial charge < -0.3 is 24.5 Å². The minimum atomic E-state index is -2.72. The van der Waals surface area contributed by atoms with E-state index in [9.17, 15) is 4.57 Å². The summed E-state index contributed by atoms with van der Waals surface area (Å²) < 4.78 is 16.0. The average Bonchev–Trinajstić information content (AvgIpc) is 2.81. The Kier molecular flexibility index (Phi) is 35.9. The van der Waals surface area contributed by atoms with Gasteiger partial charge in [-0.15, -0.1) is 0 Å². The Morgan fingerprint density at radius 2 is 1.15 bits per heavy atom. The third kappa shape index (κ3) is 32.4.